The van der Waals surface area contributed by atoms with Gasteiger partial charge in [-0.3, -0.25) is 5.43 Å². The number of hydrazone groups is 1. The fourth-order valence-corrected chi connectivity index (χ4v) is 1.52. The minimum atomic E-state index is -0.772. The molecule has 0 saturated heterocycles. The fourth-order valence-electron chi connectivity index (χ4n) is 1.52. The van der Waals surface area contributed by atoms with E-state index in [0.717, 1.165) is 6.29 Å². The molecule has 0 amide bonds. The molecule has 1 N–H and O–H groups in total. The van der Waals surface area contributed by atoms with Gasteiger partial charge in [-0.1, -0.05) is 13.8 Å². The van der Waals surface area contributed by atoms with E-state index in [-0.39, 0.29) is 18.1 Å². The number of rotatable bonds is 3. The SMILES string of the molecule is CC(C)[C@]1(C=O)CC(C(=O)OC(C)(C)C)=NN1. The summed E-state index contributed by atoms with van der Waals surface area (Å²) in [6.07, 6.45) is 1.10. The van der Waals surface area contributed by atoms with Gasteiger partial charge in [0.2, 0.25) is 0 Å². The third kappa shape index (κ3) is 3.05. The van der Waals surface area contributed by atoms with Gasteiger partial charge >= 0.3 is 5.97 Å². The first kappa shape index (κ1) is 13.7. The van der Waals surface area contributed by atoms with Crippen LogP contribution in [0, 0.1) is 5.92 Å². The molecule has 0 spiro atoms. The lowest BCUT2D eigenvalue weighted by Crippen LogP contribution is -2.46. The van der Waals surface area contributed by atoms with Gasteiger partial charge in [-0.15, -0.1) is 0 Å². The minimum absolute atomic E-state index is 0.0590. The third-order valence-corrected chi connectivity index (χ3v) is 2.73. The van der Waals surface area contributed by atoms with E-state index in [0.29, 0.717) is 0 Å². The molecule has 0 aliphatic carbocycles. The number of esters is 1. The lowest BCUT2D eigenvalue weighted by molar-refractivity contribution is -0.146. The van der Waals surface area contributed by atoms with E-state index in [1.165, 1.54) is 0 Å². The van der Waals surface area contributed by atoms with Crippen LogP contribution in [0.3, 0.4) is 0 Å². The second kappa shape index (κ2) is 4.47. The van der Waals surface area contributed by atoms with Crippen molar-refractivity contribution in [2.45, 2.75) is 52.2 Å². The van der Waals surface area contributed by atoms with Crippen LogP contribution in [0.15, 0.2) is 5.10 Å². The van der Waals surface area contributed by atoms with Crippen LogP contribution >= 0.6 is 0 Å². The minimum Gasteiger partial charge on any atom is -0.455 e. The Kier molecular flexibility index (Phi) is 3.59. The zero-order valence-corrected chi connectivity index (χ0v) is 11.0. The summed E-state index contributed by atoms with van der Waals surface area (Å²) in [6.45, 7) is 9.21. The van der Waals surface area contributed by atoms with E-state index in [9.17, 15) is 9.59 Å². The van der Waals surface area contributed by atoms with Crippen LogP contribution in [0.2, 0.25) is 0 Å². The van der Waals surface area contributed by atoms with Gasteiger partial charge in [0.15, 0.2) is 0 Å². The average molecular weight is 240 g/mol. The highest BCUT2D eigenvalue weighted by atomic mass is 16.6. The maximum Gasteiger partial charge on any atom is 0.355 e. The Morgan fingerprint density at radius 1 is 1.53 bits per heavy atom. The molecule has 17 heavy (non-hydrogen) atoms. The number of ether oxygens (including phenoxy) is 1. The van der Waals surface area contributed by atoms with E-state index in [1.54, 1.807) is 20.8 Å². The molecule has 1 atom stereocenters. The molecule has 0 aromatic carbocycles. The first-order valence-corrected chi connectivity index (χ1v) is 5.73. The monoisotopic (exact) mass is 240 g/mol. The molecule has 0 bridgehead atoms. The Labute approximate surface area is 102 Å². The standard InChI is InChI=1S/C12H20N2O3/c1-8(2)12(7-15)6-9(13-14-12)10(16)17-11(3,4)5/h7-8,14H,6H2,1-5H3/t12-/m1/s1. The molecule has 1 aliphatic rings. The molecular formula is C12H20N2O3. The summed E-state index contributed by atoms with van der Waals surface area (Å²) in [4.78, 5) is 22.9. The van der Waals surface area contributed by atoms with E-state index in [2.05, 4.69) is 10.5 Å². The van der Waals surface area contributed by atoms with Crippen LogP contribution in [-0.2, 0) is 14.3 Å². The molecule has 0 aromatic heterocycles. The first-order valence-electron chi connectivity index (χ1n) is 5.73. The molecular weight excluding hydrogens is 220 g/mol. The molecule has 1 heterocycles. The highest BCUT2D eigenvalue weighted by molar-refractivity contribution is 6.37. The Balaban J connectivity index is 2.73. The third-order valence-electron chi connectivity index (χ3n) is 2.73. The summed E-state index contributed by atoms with van der Waals surface area (Å²) < 4.78 is 5.21. The van der Waals surface area contributed by atoms with Crippen LogP contribution in [0.25, 0.3) is 0 Å². The van der Waals surface area contributed by atoms with Crippen molar-refractivity contribution < 1.29 is 14.3 Å². The maximum atomic E-state index is 11.8. The van der Waals surface area contributed by atoms with Gasteiger partial charge in [0.25, 0.3) is 0 Å². The van der Waals surface area contributed by atoms with Gasteiger partial charge in [-0.05, 0) is 26.7 Å². The number of nitrogens with zero attached hydrogens (tertiary/aromatic N) is 1. The Bertz CT molecular complexity index is 355. The summed E-state index contributed by atoms with van der Waals surface area (Å²) in [5.74, 6) is -0.405. The predicted molar refractivity (Wildman–Crippen MR) is 64.7 cm³/mol. The average Bonchev–Trinajstić information content (AvgIpc) is 2.60. The Morgan fingerprint density at radius 2 is 2.12 bits per heavy atom. The molecule has 0 saturated carbocycles. The molecule has 0 unspecified atom stereocenters. The molecule has 0 radical (unpaired) electrons. The quantitative estimate of drug-likeness (QED) is 0.596. The molecule has 5 nitrogen and oxygen atoms in total. The van der Waals surface area contributed by atoms with Crippen molar-refractivity contribution >= 4 is 18.0 Å². The molecule has 1 rings (SSSR count). The zero-order valence-electron chi connectivity index (χ0n) is 11.0. The van der Waals surface area contributed by atoms with Crippen molar-refractivity contribution in [1.29, 1.82) is 0 Å². The molecule has 96 valence electrons. The summed E-state index contributed by atoms with van der Waals surface area (Å²) in [5, 5.41) is 3.93. The van der Waals surface area contributed by atoms with Crippen LogP contribution in [-0.4, -0.2) is 29.1 Å². The van der Waals surface area contributed by atoms with Crippen molar-refractivity contribution in [3.8, 4) is 0 Å². The van der Waals surface area contributed by atoms with Crippen molar-refractivity contribution in [3.05, 3.63) is 0 Å². The molecule has 0 aromatic rings. The van der Waals surface area contributed by atoms with Gasteiger partial charge in [0.05, 0.1) is 0 Å². The van der Waals surface area contributed by atoms with Crippen LogP contribution < -0.4 is 5.43 Å². The number of nitrogens with one attached hydrogen (secondary N) is 1. The van der Waals surface area contributed by atoms with E-state index >= 15 is 0 Å². The topological polar surface area (TPSA) is 67.8 Å². The van der Waals surface area contributed by atoms with Gasteiger partial charge in [0.1, 0.15) is 23.1 Å². The summed E-state index contributed by atoms with van der Waals surface area (Å²) in [7, 11) is 0. The molecule has 0 fully saturated rings. The second-order valence-corrected chi connectivity index (χ2v) is 5.66. The smallest absolute Gasteiger partial charge is 0.355 e. The molecule has 1 aliphatic heterocycles. The largest absolute Gasteiger partial charge is 0.455 e. The van der Waals surface area contributed by atoms with Gasteiger partial charge in [0, 0.05) is 6.42 Å². The van der Waals surface area contributed by atoms with Gasteiger partial charge < -0.3 is 9.53 Å². The summed E-state index contributed by atoms with van der Waals surface area (Å²) in [6, 6.07) is 0. The first-order chi connectivity index (χ1) is 7.70. The van der Waals surface area contributed by atoms with E-state index in [4.69, 9.17) is 4.74 Å². The number of hydrogen-bond donors (Lipinski definition) is 1. The highest BCUT2D eigenvalue weighted by Gasteiger charge is 2.42. The lowest BCUT2D eigenvalue weighted by Gasteiger charge is -2.26. The highest BCUT2D eigenvalue weighted by Crippen LogP contribution is 2.25. The number of carbonyl (C=O) groups is 2. The van der Waals surface area contributed by atoms with Crippen molar-refractivity contribution in [3.63, 3.8) is 0 Å². The number of carbonyl (C=O) groups excluding carboxylic acids is 2. The zero-order chi connectivity index (χ0) is 13.3. The van der Waals surface area contributed by atoms with Crippen LogP contribution in [0.1, 0.15) is 41.0 Å². The fraction of sp³-hybridized carbons (Fsp3) is 0.750. The van der Waals surface area contributed by atoms with Gasteiger partial charge in [-0.25, -0.2) is 4.79 Å². The number of hydrogen-bond acceptors (Lipinski definition) is 5. The normalized spacial score (nSPS) is 24.2. The summed E-state index contributed by atoms with van der Waals surface area (Å²) >= 11 is 0. The van der Waals surface area contributed by atoms with Crippen molar-refractivity contribution in [2.24, 2.45) is 11.0 Å². The van der Waals surface area contributed by atoms with Crippen molar-refractivity contribution in [1.82, 2.24) is 5.43 Å². The van der Waals surface area contributed by atoms with Gasteiger partial charge in [-0.2, -0.15) is 5.10 Å². The Morgan fingerprint density at radius 3 is 2.47 bits per heavy atom. The van der Waals surface area contributed by atoms with Crippen molar-refractivity contribution in [2.75, 3.05) is 0 Å². The Hall–Kier alpha value is -1.39. The number of aldehydes is 1. The van der Waals surface area contributed by atoms with Crippen LogP contribution in [0.5, 0.6) is 0 Å². The van der Waals surface area contributed by atoms with Crippen LogP contribution in [0.4, 0.5) is 0 Å². The lowest BCUT2D eigenvalue weighted by atomic mass is 9.85. The van der Waals surface area contributed by atoms with E-state index < -0.39 is 17.1 Å². The predicted octanol–water partition coefficient (Wildman–Crippen LogP) is 1.27. The van der Waals surface area contributed by atoms with E-state index in [1.807, 2.05) is 13.8 Å². The second-order valence-electron chi connectivity index (χ2n) is 5.66. The maximum absolute atomic E-state index is 11.8. The molecule has 5 heteroatoms. The summed E-state index contributed by atoms with van der Waals surface area (Å²) in [5.41, 5.74) is 1.71.